The summed E-state index contributed by atoms with van der Waals surface area (Å²) < 4.78 is 0. The van der Waals surface area contributed by atoms with Crippen LogP contribution in [-0.2, 0) is 0 Å². The zero-order chi connectivity index (χ0) is 12.5. The Kier molecular flexibility index (Phi) is 7.87. The number of hydrogen-bond acceptors (Lipinski definition) is 2. The van der Waals surface area contributed by atoms with Gasteiger partial charge in [0, 0.05) is 12.1 Å². The quantitative estimate of drug-likeness (QED) is 0.699. The van der Waals surface area contributed by atoms with Crippen molar-refractivity contribution >= 4 is 0 Å². The number of rotatable bonds is 8. The molecule has 1 N–H and O–H groups in total. The van der Waals surface area contributed by atoms with Gasteiger partial charge < -0.3 is 10.2 Å². The van der Waals surface area contributed by atoms with E-state index in [4.69, 9.17) is 0 Å². The van der Waals surface area contributed by atoms with Gasteiger partial charge in [0.2, 0.25) is 0 Å². The van der Waals surface area contributed by atoms with E-state index in [-0.39, 0.29) is 0 Å². The van der Waals surface area contributed by atoms with Gasteiger partial charge >= 0.3 is 0 Å². The van der Waals surface area contributed by atoms with E-state index in [2.05, 4.69) is 31.0 Å². The van der Waals surface area contributed by atoms with Crippen LogP contribution in [0.25, 0.3) is 0 Å². The van der Waals surface area contributed by atoms with Gasteiger partial charge in [0.05, 0.1) is 0 Å². The summed E-state index contributed by atoms with van der Waals surface area (Å²) in [7, 11) is 0. The van der Waals surface area contributed by atoms with Crippen LogP contribution in [0.2, 0.25) is 0 Å². The molecule has 0 aliphatic carbocycles. The number of piperidine rings is 1. The van der Waals surface area contributed by atoms with E-state index in [1.807, 2.05) is 0 Å². The minimum Gasteiger partial charge on any atom is -0.314 e. The second-order valence-electron chi connectivity index (χ2n) is 5.58. The number of nitrogens with zero attached hydrogens (tertiary/aromatic N) is 1. The Labute approximate surface area is 108 Å². The van der Waals surface area contributed by atoms with Crippen molar-refractivity contribution in [1.29, 1.82) is 0 Å². The first-order valence-electron chi connectivity index (χ1n) is 7.75. The maximum Gasteiger partial charge on any atom is 0.00792 e. The summed E-state index contributed by atoms with van der Waals surface area (Å²) in [5, 5.41) is 3.66. The summed E-state index contributed by atoms with van der Waals surface area (Å²) in [6, 6.07) is 1.54. The van der Waals surface area contributed by atoms with Crippen LogP contribution >= 0.6 is 0 Å². The lowest BCUT2D eigenvalue weighted by Gasteiger charge is -2.31. The van der Waals surface area contributed by atoms with Crippen LogP contribution in [0.5, 0.6) is 0 Å². The van der Waals surface area contributed by atoms with Gasteiger partial charge in [-0.3, -0.25) is 0 Å². The summed E-state index contributed by atoms with van der Waals surface area (Å²) in [5.74, 6) is 0. The Balaban J connectivity index is 2.26. The van der Waals surface area contributed by atoms with Crippen LogP contribution in [0, 0.1) is 0 Å². The van der Waals surface area contributed by atoms with Crippen molar-refractivity contribution in [3.05, 3.63) is 0 Å². The molecule has 2 nitrogen and oxygen atoms in total. The minimum absolute atomic E-state index is 0.755. The molecule has 2 heteroatoms. The molecule has 0 aromatic carbocycles. The van der Waals surface area contributed by atoms with Gasteiger partial charge in [-0.25, -0.2) is 0 Å². The number of hydrogen-bond donors (Lipinski definition) is 1. The fourth-order valence-corrected chi connectivity index (χ4v) is 2.66. The van der Waals surface area contributed by atoms with Crippen molar-refractivity contribution in [3.63, 3.8) is 0 Å². The average Bonchev–Trinajstić information content (AvgIpc) is 2.39. The molecule has 0 radical (unpaired) electrons. The molecule has 102 valence electrons. The van der Waals surface area contributed by atoms with Crippen molar-refractivity contribution in [2.75, 3.05) is 19.6 Å². The maximum absolute atomic E-state index is 3.66. The Morgan fingerprint density at radius 3 is 2.65 bits per heavy atom. The van der Waals surface area contributed by atoms with Crippen LogP contribution in [0.15, 0.2) is 0 Å². The summed E-state index contributed by atoms with van der Waals surface area (Å²) in [6.07, 6.45) is 9.48. The zero-order valence-electron chi connectivity index (χ0n) is 12.2. The van der Waals surface area contributed by atoms with E-state index in [0.717, 1.165) is 12.1 Å². The fourth-order valence-electron chi connectivity index (χ4n) is 2.66. The maximum atomic E-state index is 3.66. The smallest absolute Gasteiger partial charge is 0.00792 e. The van der Waals surface area contributed by atoms with Crippen LogP contribution in [0.3, 0.4) is 0 Å². The molecular weight excluding hydrogens is 208 g/mol. The fraction of sp³-hybridized carbons (Fsp3) is 1.00. The molecule has 1 fully saturated rings. The highest BCUT2D eigenvalue weighted by molar-refractivity contribution is 4.75. The summed E-state index contributed by atoms with van der Waals surface area (Å²) in [5.41, 5.74) is 0. The third-order valence-corrected chi connectivity index (χ3v) is 4.19. The topological polar surface area (TPSA) is 15.3 Å². The van der Waals surface area contributed by atoms with Gasteiger partial charge in [-0.2, -0.15) is 0 Å². The first-order valence-corrected chi connectivity index (χ1v) is 7.75. The van der Waals surface area contributed by atoms with Crippen molar-refractivity contribution < 1.29 is 0 Å². The molecule has 1 aliphatic rings. The number of nitrogens with one attached hydrogen (secondary N) is 1. The SMILES string of the molecule is CCCCN(CCC1CCCCN1)C(C)CC. The first kappa shape index (κ1) is 15.0. The molecule has 1 heterocycles. The van der Waals surface area contributed by atoms with E-state index in [1.54, 1.807) is 0 Å². The lowest BCUT2D eigenvalue weighted by Crippen LogP contribution is -2.40. The molecular formula is C15H32N2. The highest BCUT2D eigenvalue weighted by Gasteiger charge is 2.16. The molecule has 1 saturated heterocycles. The van der Waals surface area contributed by atoms with Gasteiger partial charge in [0.1, 0.15) is 0 Å². The predicted molar refractivity (Wildman–Crippen MR) is 76.5 cm³/mol. The molecule has 0 aromatic rings. The van der Waals surface area contributed by atoms with Gasteiger partial charge in [-0.15, -0.1) is 0 Å². The summed E-state index contributed by atoms with van der Waals surface area (Å²) >= 11 is 0. The first-order chi connectivity index (χ1) is 8.27. The second kappa shape index (κ2) is 8.93. The lowest BCUT2D eigenvalue weighted by molar-refractivity contribution is 0.186. The summed E-state index contributed by atoms with van der Waals surface area (Å²) in [6.45, 7) is 10.8. The molecule has 2 atom stereocenters. The van der Waals surface area contributed by atoms with Gasteiger partial charge in [-0.05, 0) is 58.7 Å². The van der Waals surface area contributed by atoms with Crippen LogP contribution < -0.4 is 5.32 Å². The molecule has 1 aliphatic heterocycles. The van der Waals surface area contributed by atoms with Crippen molar-refractivity contribution in [1.82, 2.24) is 10.2 Å². The Hall–Kier alpha value is -0.0800. The normalized spacial score (nSPS) is 22.9. The Morgan fingerprint density at radius 1 is 1.24 bits per heavy atom. The van der Waals surface area contributed by atoms with Gasteiger partial charge in [-0.1, -0.05) is 26.7 Å². The third kappa shape index (κ3) is 5.87. The van der Waals surface area contributed by atoms with Crippen LogP contribution in [0.1, 0.15) is 65.7 Å². The van der Waals surface area contributed by atoms with Gasteiger partial charge in [0.25, 0.3) is 0 Å². The van der Waals surface area contributed by atoms with E-state index in [1.165, 1.54) is 64.6 Å². The minimum atomic E-state index is 0.755. The third-order valence-electron chi connectivity index (χ3n) is 4.19. The van der Waals surface area contributed by atoms with E-state index in [0.29, 0.717) is 0 Å². The Bertz CT molecular complexity index is 176. The van der Waals surface area contributed by atoms with Crippen LogP contribution in [0.4, 0.5) is 0 Å². The monoisotopic (exact) mass is 240 g/mol. The average molecular weight is 240 g/mol. The highest BCUT2D eigenvalue weighted by atomic mass is 15.1. The van der Waals surface area contributed by atoms with E-state index >= 15 is 0 Å². The highest BCUT2D eigenvalue weighted by Crippen LogP contribution is 2.13. The molecule has 0 aromatic heterocycles. The standard InChI is InChI=1S/C15H32N2/c1-4-6-12-17(14(3)5-2)13-10-15-9-7-8-11-16-15/h14-16H,4-13H2,1-3H3. The van der Waals surface area contributed by atoms with Crippen molar-refractivity contribution in [3.8, 4) is 0 Å². The molecule has 17 heavy (non-hydrogen) atoms. The van der Waals surface area contributed by atoms with Crippen molar-refractivity contribution in [2.45, 2.75) is 77.8 Å². The molecule has 0 spiro atoms. The molecule has 0 bridgehead atoms. The van der Waals surface area contributed by atoms with Crippen LogP contribution in [-0.4, -0.2) is 36.6 Å². The largest absolute Gasteiger partial charge is 0.314 e. The van der Waals surface area contributed by atoms with Crippen molar-refractivity contribution in [2.24, 2.45) is 0 Å². The van der Waals surface area contributed by atoms with E-state index < -0.39 is 0 Å². The zero-order valence-corrected chi connectivity index (χ0v) is 12.2. The number of unbranched alkanes of at least 4 members (excludes halogenated alkanes) is 1. The summed E-state index contributed by atoms with van der Waals surface area (Å²) in [4.78, 5) is 2.69. The second-order valence-corrected chi connectivity index (χ2v) is 5.58. The van der Waals surface area contributed by atoms with Gasteiger partial charge in [0.15, 0.2) is 0 Å². The molecule has 0 amide bonds. The van der Waals surface area contributed by atoms with E-state index in [9.17, 15) is 0 Å². The Morgan fingerprint density at radius 2 is 2.06 bits per heavy atom. The molecule has 2 unspecified atom stereocenters. The molecule has 1 rings (SSSR count). The predicted octanol–water partition coefficient (Wildman–Crippen LogP) is 3.42. The molecule has 0 saturated carbocycles. The lowest BCUT2D eigenvalue weighted by atomic mass is 10.0.